The van der Waals surface area contributed by atoms with E-state index in [2.05, 4.69) is 19.0 Å². The Bertz CT molecular complexity index is 104. The van der Waals surface area contributed by atoms with Crippen molar-refractivity contribution in [2.24, 2.45) is 11.1 Å². The molecule has 0 saturated carbocycles. The molecule has 12 heavy (non-hydrogen) atoms. The van der Waals surface area contributed by atoms with E-state index in [4.69, 9.17) is 5.21 Å². The van der Waals surface area contributed by atoms with Crippen molar-refractivity contribution in [3.63, 3.8) is 0 Å². The minimum Gasteiger partial charge on any atom is -0.411 e. The van der Waals surface area contributed by atoms with Crippen LogP contribution in [0.5, 0.6) is 0 Å². The highest BCUT2D eigenvalue weighted by molar-refractivity contribution is 5.59. The third kappa shape index (κ3) is 6.20. The molecule has 0 spiro atoms. The first-order valence-corrected chi connectivity index (χ1v) is 5.02. The number of unbranched alkanes of at least 4 members (excludes halogenated alkanes) is 2. The van der Waals surface area contributed by atoms with Gasteiger partial charge < -0.3 is 5.21 Å². The predicted octanol–water partition coefficient (Wildman–Crippen LogP) is 3.44. The average Bonchev–Trinajstić information content (AvgIpc) is 2.10. The van der Waals surface area contributed by atoms with Gasteiger partial charge in [-0.15, -0.1) is 5.16 Å². The van der Waals surface area contributed by atoms with Crippen molar-refractivity contribution in [1.82, 2.24) is 0 Å². The molecule has 72 valence electrons. The van der Waals surface area contributed by atoms with Crippen molar-refractivity contribution in [2.75, 3.05) is 0 Å². The van der Waals surface area contributed by atoms with Gasteiger partial charge in [0.15, 0.2) is 0 Å². The van der Waals surface area contributed by atoms with E-state index in [0.29, 0.717) is 5.92 Å². The largest absolute Gasteiger partial charge is 0.411 e. The summed E-state index contributed by atoms with van der Waals surface area (Å²) in [5.41, 5.74) is 0. The van der Waals surface area contributed by atoms with Crippen LogP contribution in [0.1, 0.15) is 52.4 Å². The number of oxime groups is 1. The highest BCUT2D eigenvalue weighted by Crippen LogP contribution is 2.13. The minimum atomic E-state index is 0.495. The highest BCUT2D eigenvalue weighted by atomic mass is 16.4. The maximum atomic E-state index is 8.40. The first-order chi connectivity index (χ1) is 5.85. The van der Waals surface area contributed by atoms with Gasteiger partial charge in [-0.2, -0.15) is 0 Å². The van der Waals surface area contributed by atoms with Crippen LogP contribution in [-0.4, -0.2) is 11.4 Å². The van der Waals surface area contributed by atoms with Crippen molar-refractivity contribution in [3.8, 4) is 0 Å². The van der Waals surface area contributed by atoms with E-state index in [9.17, 15) is 0 Å². The summed E-state index contributed by atoms with van der Waals surface area (Å²) in [6.45, 7) is 4.37. The Morgan fingerprint density at radius 3 is 2.00 bits per heavy atom. The molecular weight excluding hydrogens is 150 g/mol. The van der Waals surface area contributed by atoms with Gasteiger partial charge in [0.25, 0.3) is 0 Å². The van der Waals surface area contributed by atoms with Crippen LogP contribution < -0.4 is 0 Å². The highest BCUT2D eigenvalue weighted by Gasteiger charge is 2.03. The maximum Gasteiger partial charge on any atom is 0.0466 e. The molecular formula is C10H21NO. The monoisotopic (exact) mass is 171 g/mol. The Morgan fingerprint density at radius 2 is 1.67 bits per heavy atom. The van der Waals surface area contributed by atoms with Crippen molar-refractivity contribution in [1.29, 1.82) is 0 Å². The lowest BCUT2D eigenvalue weighted by Crippen LogP contribution is -2.01. The van der Waals surface area contributed by atoms with E-state index < -0.39 is 0 Å². The van der Waals surface area contributed by atoms with E-state index in [1.807, 2.05) is 0 Å². The SMILES string of the molecule is CCCCC(C=NO)CCCC. The molecule has 2 heteroatoms. The molecule has 0 saturated heterocycles. The molecule has 2 nitrogen and oxygen atoms in total. The molecule has 0 aromatic rings. The second kappa shape index (κ2) is 8.57. The van der Waals surface area contributed by atoms with Gasteiger partial charge in [-0.3, -0.25) is 0 Å². The van der Waals surface area contributed by atoms with Gasteiger partial charge in [0.05, 0.1) is 0 Å². The van der Waals surface area contributed by atoms with Gasteiger partial charge in [-0.1, -0.05) is 39.5 Å². The lowest BCUT2D eigenvalue weighted by Gasteiger charge is -2.08. The predicted molar refractivity (Wildman–Crippen MR) is 52.8 cm³/mol. The molecule has 0 atom stereocenters. The zero-order chi connectivity index (χ0) is 9.23. The maximum absolute atomic E-state index is 8.40. The summed E-state index contributed by atoms with van der Waals surface area (Å²) in [5, 5.41) is 11.5. The van der Waals surface area contributed by atoms with Crippen LogP contribution in [0.2, 0.25) is 0 Å². The number of rotatable bonds is 7. The number of hydrogen-bond donors (Lipinski definition) is 1. The van der Waals surface area contributed by atoms with E-state index in [-0.39, 0.29) is 0 Å². The summed E-state index contributed by atoms with van der Waals surface area (Å²) in [7, 11) is 0. The molecule has 0 amide bonds. The second-order valence-corrected chi connectivity index (χ2v) is 3.31. The van der Waals surface area contributed by atoms with Crippen molar-refractivity contribution >= 4 is 6.21 Å². The van der Waals surface area contributed by atoms with Crippen LogP contribution in [0.3, 0.4) is 0 Å². The van der Waals surface area contributed by atoms with Gasteiger partial charge in [0, 0.05) is 6.21 Å². The fraction of sp³-hybridized carbons (Fsp3) is 0.900. The van der Waals surface area contributed by atoms with Crippen LogP contribution >= 0.6 is 0 Å². The Balaban J connectivity index is 3.54. The molecule has 0 fully saturated rings. The molecule has 0 aromatic heterocycles. The zero-order valence-corrected chi connectivity index (χ0v) is 8.29. The molecule has 0 rings (SSSR count). The van der Waals surface area contributed by atoms with E-state index in [1.54, 1.807) is 6.21 Å². The van der Waals surface area contributed by atoms with Gasteiger partial charge in [-0.25, -0.2) is 0 Å². The van der Waals surface area contributed by atoms with Crippen LogP contribution in [-0.2, 0) is 0 Å². The molecule has 0 radical (unpaired) electrons. The number of nitrogens with zero attached hydrogens (tertiary/aromatic N) is 1. The molecule has 0 heterocycles. The van der Waals surface area contributed by atoms with Gasteiger partial charge in [0.1, 0.15) is 0 Å². The summed E-state index contributed by atoms with van der Waals surface area (Å²) in [6.07, 6.45) is 8.94. The topological polar surface area (TPSA) is 32.6 Å². The van der Waals surface area contributed by atoms with Crippen LogP contribution in [0.15, 0.2) is 5.16 Å². The normalized spacial score (nSPS) is 11.6. The third-order valence-electron chi connectivity index (χ3n) is 2.13. The lowest BCUT2D eigenvalue weighted by molar-refractivity contribution is 0.316. The smallest absolute Gasteiger partial charge is 0.0466 e. The van der Waals surface area contributed by atoms with E-state index >= 15 is 0 Å². The zero-order valence-electron chi connectivity index (χ0n) is 8.29. The molecule has 0 aliphatic rings. The summed E-state index contributed by atoms with van der Waals surface area (Å²) in [5.74, 6) is 0.495. The Morgan fingerprint density at radius 1 is 1.17 bits per heavy atom. The van der Waals surface area contributed by atoms with Crippen LogP contribution in [0.4, 0.5) is 0 Å². The van der Waals surface area contributed by atoms with Gasteiger partial charge in [0.2, 0.25) is 0 Å². The summed E-state index contributed by atoms with van der Waals surface area (Å²) in [6, 6.07) is 0. The first kappa shape index (κ1) is 11.5. The molecule has 0 unspecified atom stereocenters. The average molecular weight is 171 g/mol. The summed E-state index contributed by atoms with van der Waals surface area (Å²) in [4.78, 5) is 0. The molecule has 0 bridgehead atoms. The Kier molecular flexibility index (Phi) is 8.19. The quantitative estimate of drug-likeness (QED) is 0.355. The van der Waals surface area contributed by atoms with Gasteiger partial charge in [-0.05, 0) is 18.8 Å². The van der Waals surface area contributed by atoms with Gasteiger partial charge >= 0.3 is 0 Å². The minimum absolute atomic E-state index is 0.495. The Labute approximate surface area is 75.7 Å². The van der Waals surface area contributed by atoms with Crippen LogP contribution in [0.25, 0.3) is 0 Å². The fourth-order valence-corrected chi connectivity index (χ4v) is 1.32. The molecule has 0 aliphatic carbocycles. The lowest BCUT2D eigenvalue weighted by atomic mass is 9.97. The molecule has 1 N–H and O–H groups in total. The van der Waals surface area contributed by atoms with E-state index in [1.165, 1.54) is 38.5 Å². The number of hydrogen-bond acceptors (Lipinski definition) is 2. The standard InChI is InChI=1S/C10H21NO/c1-3-5-7-10(9-11-12)8-6-4-2/h9-10,12H,3-8H2,1-2H3. The third-order valence-corrected chi connectivity index (χ3v) is 2.13. The fourth-order valence-electron chi connectivity index (χ4n) is 1.32. The second-order valence-electron chi connectivity index (χ2n) is 3.31. The Hall–Kier alpha value is -0.530. The van der Waals surface area contributed by atoms with Crippen molar-refractivity contribution < 1.29 is 5.21 Å². The molecule has 0 aromatic carbocycles. The first-order valence-electron chi connectivity index (χ1n) is 5.02. The van der Waals surface area contributed by atoms with Crippen molar-refractivity contribution in [3.05, 3.63) is 0 Å². The summed E-state index contributed by atoms with van der Waals surface area (Å²) < 4.78 is 0. The van der Waals surface area contributed by atoms with Crippen molar-refractivity contribution in [2.45, 2.75) is 52.4 Å². The van der Waals surface area contributed by atoms with E-state index in [0.717, 1.165) is 0 Å². The summed E-state index contributed by atoms with van der Waals surface area (Å²) >= 11 is 0. The van der Waals surface area contributed by atoms with Crippen LogP contribution in [0, 0.1) is 5.92 Å². The molecule has 0 aliphatic heterocycles.